The first-order chi connectivity index (χ1) is 14.1. The fraction of sp³-hybridized carbons (Fsp3) is 0.0870. The first kappa shape index (κ1) is 18.3. The fourth-order valence-corrected chi connectivity index (χ4v) is 3.00. The van der Waals surface area contributed by atoms with Gasteiger partial charge < -0.3 is 10.3 Å². The van der Waals surface area contributed by atoms with Gasteiger partial charge in [0.2, 0.25) is 5.91 Å². The van der Waals surface area contributed by atoms with Crippen molar-refractivity contribution in [2.75, 3.05) is 0 Å². The second-order valence-corrected chi connectivity index (χ2v) is 6.52. The highest BCUT2D eigenvalue weighted by Gasteiger charge is 2.18. The van der Waals surface area contributed by atoms with Crippen LogP contribution in [0.4, 0.5) is 0 Å². The first-order valence-electron chi connectivity index (χ1n) is 9.05. The number of benzene rings is 2. The number of hydrogen-bond donors (Lipinski definition) is 1. The third-order valence-corrected chi connectivity index (χ3v) is 4.49. The Hall–Kier alpha value is -4.11. The molecule has 0 aliphatic rings. The van der Waals surface area contributed by atoms with E-state index in [0.29, 0.717) is 17.7 Å². The molecule has 2 aromatic carbocycles. The predicted molar refractivity (Wildman–Crippen MR) is 110 cm³/mol. The second kappa shape index (κ2) is 7.87. The molecule has 4 rings (SSSR count). The van der Waals surface area contributed by atoms with E-state index in [1.807, 2.05) is 55.6 Å². The lowest BCUT2D eigenvalue weighted by atomic mass is 10.0. The summed E-state index contributed by atoms with van der Waals surface area (Å²) in [4.78, 5) is 15.6. The Bertz CT molecular complexity index is 1210. The van der Waals surface area contributed by atoms with Gasteiger partial charge in [0.25, 0.3) is 0 Å². The summed E-state index contributed by atoms with van der Waals surface area (Å²) in [6.45, 7) is 1.87. The third-order valence-electron chi connectivity index (χ3n) is 4.49. The maximum atomic E-state index is 11.1. The SMILES string of the molecule is Cc1onc(-c2ccccc2)c1-c1cn(C#CCc2ccc(C(N)=O)cc2)cn1. The van der Waals surface area contributed by atoms with Crippen molar-refractivity contribution < 1.29 is 9.32 Å². The van der Waals surface area contributed by atoms with E-state index in [-0.39, 0.29) is 0 Å². The van der Waals surface area contributed by atoms with Crippen LogP contribution in [0.5, 0.6) is 0 Å². The summed E-state index contributed by atoms with van der Waals surface area (Å²) in [6.07, 6.45) is 4.07. The van der Waals surface area contributed by atoms with Gasteiger partial charge in [0.05, 0.1) is 11.3 Å². The average Bonchev–Trinajstić information content (AvgIpc) is 3.35. The number of nitrogens with two attached hydrogens (primary N) is 1. The molecule has 1 amide bonds. The van der Waals surface area contributed by atoms with Crippen LogP contribution in [0.2, 0.25) is 0 Å². The van der Waals surface area contributed by atoms with E-state index in [0.717, 1.165) is 28.1 Å². The molecule has 29 heavy (non-hydrogen) atoms. The maximum absolute atomic E-state index is 11.1. The molecular weight excluding hydrogens is 364 g/mol. The molecule has 6 heteroatoms. The Morgan fingerprint density at radius 1 is 1.14 bits per heavy atom. The third kappa shape index (κ3) is 3.94. The first-order valence-corrected chi connectivity index (χ1v) is 9.05. The molecule has 2 aromatic heterocycles. The summed E-state index contributed by atoms with van der Waals surface area (Å²) >= 11 is 0. The Morgan fingerprint density at radius 2 is 1.90 bits per heavy atom. The number of imidazole rings is 1. The summed E-state index contributed by atoms with van der Waals surface area (Å²) < 4.78 is 7.13. The highest BCUT2D eigenvalue weighted by atomic mass is 16.5. The van der Waals surface area contributed by atoms with Gasteiger partial charge in [0.1, 0.15) is 17.8 Å². The monoisotopic (exact) mass is 382 g/mol. The van der Waals surface area contributed by atoms with Gasteiger partial charge in [0, 0.05) is 29.8 Å². The van der Waals surface area contributed by atoms with E-state index < -0.39 is 5.91 Å². The van der Waals surface area contributed by atoms with E-state index in [4.69, 9.17) is 10.3 Å². The molecule has 0 spiro atoms. The van der Waals surface area contributed by atoms with Crippen LogP contribution in [-0.4, -0.2) is 20.6 Å². The van der Waals surface area contributed by atoms with Gasteiger partial charge in [0.15, 0.2) is 0 Å². The van der Waals surface area contributed by atoms with Gasteiger partial charge in [-0.25, -0.2) is 4.98 Å². The summed E-state index contributed by atoms with van der Waals surface area (Å²) in [5.74, 6) is 3.37. The molecule has 0 unspecified atom stereocenters. The number of rotatable bonds is 4. The number of carbonyl (C=O) groups is 1. The molecule has 2 heterocycles. The van der Waals surface area contributed by atoms with Crippen LogP contribution in [0, 0.1) is 18.9 Å². The van der Waals surface area contributed by atoms with Crippen LogP contribution in [0.3, 0.4) is 0 Å². The zero-order chi connectivity index (χ0) is 20.2. The number of nitrogens with zero attached hydrogens (tertiary/aromatic N) is 3. The molecule has 0 saturated carbocycles. The summed E-state index contributed by atoms with van der Waals surface area (Å²) in [5, 5.41) is 4.20. The topological polar surface area (TPSA) is 86.9 Å². The molecule has 4 aromatic rings. The number of primary amides is 1. The van der Waals surface area contributed by atoms with Crippen molar-refractivity contribution >= 4 is 5.91 Å². The normalized spacial score (nSPS) is 10.4. The van der Waals surface area contributed by atoms with Crippen molar-refractivity contribution in [3.63, 3.8) is 0 Å². The molecule has 0 bridgehead atoms. The van der Waals surface area contributed by atoms with Crippen molar-refractivity contribution in [2.24, 2.45) is 5.73 Å². The molecule has 0 aliphatic heterocycles. The minimum atomic E-state index is -0.438. The van der Waals surface area contributed by atoms with Gasteiger partial charge in [-0.3, -0.25) is 9.36 Å². The quantitative estimate of drug-likeness (QED) is 0.546. The molecule has 2 N–H and O–H groups in total. The van der Waals surface area contributed by atoms with E-state index in [2.05, 4.69) is 22.1 Å². The smallest absolute Gasteiger partial charge is 0.248 e. The van der Waals surface area contributed by atoms with Crippen LogP contribution in [0.25, 0.3) is 22.5 Å². The van der Waals surface area contributed by atoms with Gasteiger partial charge in [-0.15, -0.1) is 0 Å². The Morgan fingerprint density at radius 3 is 2.62 bits per heavy atom. The van der Waals surface area contributed by atoms with E-state index >= 15 is 0 Å². The molecule has 0 atom stereocenters. The van der Waals surface area contributed by atoms with Gasteiger partial charge in [-0.2, -0.15) is 0 Å². The van der Waals surface area contributed by atoms with Crippen LogP contribution < -0.4 is 5.73 Å². The number of carbonyl (C=O) groups excluding carboxylic acids is 1. The number of aryl methyl sites for hydroxylation is 1. The molecule has 142 valence electrons. The van der Waals surface area contributed by atoms with Crippen LogP contribution in [0.1, 0.15) is 21.7 Å². The van der Waals surface area contributed by atoms with Crippen LogP contribution in [0.15, 0.2) is 71.6 Å². The Kier molecular flexibility index (Phi) is 4.95. The largest absolute Gasteiger partial charge is 0.366 e. The van der Waals surface area contributed by atoms with E-state index in [1.165, 1.54) is 0 Å². The summed E-state index contributed by atoms with van der Waals surface area (Å²) in [7, 11) is 0. The average molecular weight is 382 g/mol. The van der Waals surface area contributed by atoms with Crippen molar-refractivity contribution in [3.05, 3.63) is 84.0 Å². The standard InChI is InChI=1S/C23H18N4O2/c1-16-21(22(26-29-16)18-7-3-2-4-8-18)20-14-27(15-25-20)13-5-6-17-9-11-19(12-10-17)23(24)28/h2-4,7-12,14-15H,6H2,1H3,(H2,24,28). The van der Waals surface area contributed by atoms with Crippen molar-refractivity contribution in [2.45, 2.75) is 13.3 Å². The summed E-state index contributed by atoms with van der Waals surface area (Å²) in [6, 6.07) is 20.0. The lowest BCUT2D eigenvalue weighted by Crippen LogP contribution is -2.10. The molecule has 0 saturated heterocycles. The lowest BCUT2D eigenvalue weighted by molar-refractivity contribution is 0.100. The van der Waals surface area contributed by atoms with Crippen molar-refractivity contribution in [1.29, 1.82) is 0 Å². The molecule has 0 aliphatic carbocycles. The van der Waals surface area contributed by atoms with Gasteiger partial charge >= 0.3 is 0 Å². The number of aromatic nitrogens is 3. The van der Waals surface area contributed by atoms with Gasteiger partial charge in [-0.1, -0.05) is 53.5 Å². The zero-order valence-electron chi connectivity index (χ0n) is 15.8. The van der Waals surface area contributed by atoms with Crippen molar-refractivity contribution in [3.8, 4) is 34.5 Å². The highest BCUT2D eigenvalue weighted by Crippen LogP contribution is 2.32. The number of amides is 1. The fourth-order valence-electron chi connectivity index (χ4n) is 3.00. The Labute approximate surface area is 168 Å². The minimum absolute atomic E-state index is 0.438. The second-order valence-electron chi connectivity index (χ2n) is 6.52. The zero-order valence-corrected chi connectivity index (χ0v) is 15.8. The van der Waals surface area contributed by atoms with E-state index in [9.17, 15) is 4.79 Å². The van der Waals surface area contributed by atoms with Crippen molar-refractivity contribution in [1.82, 2.24) is 14.7 Å². The molecular formula is C23H18N4O2. The number of hydrogen-bond acceptors (Lipinski definition) is 4. The lowest BCUT2D eigenvalue weighted by Gasteiger charge is -1.99. The molecule has 0 fully saturated rings. The Balaban J connectivity index is 1.54. The summed E-state index contributed by atoms with van der Waals surface area (Å²) in [5.41, 5.74) is 10.1. The van der Waals surface area contributed by atoms with E-state index in [1.54, 1.807) is 23.0 Å². The van der Waals surface area contributed by atoms with Crippen LogP contribution >= 0.6 is 0 Å². The van der Waals surface area contributed by atoms with Crippen LogP contribution in [-0.2, 0) is 6.42 Å². The molecule has 6 nitrogen and oxygen atoms in total. The molecule has 0 radical (unpaired) electrons. The van der Waals surface area contributed by atoms with Gasteiger partial charge in [-0.05, 0) is 24.6 Å². The highest BCUT2D eigenvalue weighted by molar-refractivity contribution is 5.92. The minimum Gasteiger partial charge on any atom is -0.366 e. The predicted octanol–water partition coefficient (Wildman–Crippen LogP) is 3.66. The maximum Gasteiger partial charge on any atom is 0.248 e.